The third kappa shape index (κ3) is 1.00. The van der Waals surface area contributed by atoms with E-state index in [9.17, 15) is 0 Å². The maximum absolute atomic E-state index is 5.00. The van der Waals surface area contributed by atoms with Crippen LogP contribution in [-0.4, -0.2) is 28.9 Å². The van der Waals surface area contributed by atoms with E-state index in [-0.39, 0.29) is 0 Å². The Morgan fingerprint density at radius 2 is 2.00 bits per heavy atom. The van der Waals surface area contributed by atoms with E-state index in [1.54, 1.807) is 0 Å². The van der Waals surface area contributed by atoms with Crippen LogP contribution in [0.3, 0.4) is 0 Å². The molecule has 0 spiro atoms. The lowest BCUT2D eigenvalue weighted by atomic mass is 9.63. The molecule has 3 heteroatoms. The molecule has 0 amide bonds. The molecule has 1 fully saturated rings. The molecule has 0 atom stereocenters. The standard InChI is InChI=1S/C4H10B2O/c5-4(6)3-1-7-2-3/h3-4H,1-2,5-6H2. The first-order valence-electron chi connectivity index (χ1n) is 2.88. The predicted molar refractivity (Wildman–Crippen MR) is 35.1 cm³/mol. The second kappa shape index (κ2) is 1.91. The fraction of sp³-hybridized carbons (Fsp3) is 1.00. The van der Waals surface area contributed by atoms with Gasteiger partial charge in [0.1, 0.15) is 0 Å². The van der Waals surface area contributed by atoms with Crippen LogP contribution in [0.4, 0.5) is 0 Å². The maximum Gasteiger partial charge on any atom is 0.0962 e. The average molecular weight is 95.7 g/mol. The Morgan fingerprint density at radius 1 is 1.43 bits per heavy atom. The van der Waals surface area contributed by atoms with E-state index in [1.165, 1.54) is 0 Å². The van der Waals surface area contributed by atoms with E-state index < -0.39 is 0 Å². The molecule has 7 heavy (non-hydrogen) atoms. The zero-order valence-corrected chi connectivity index (χ0v) is 4.98. The molecule has 0 aromatic heterocycles. The molecule has 0 bridgehead atoms. The maximum atomic E-state index is 5.00. The molecular weight excluding hydrogens is 85.7 g/mol. The minimum absolute atomic E-state index is 0.828. The zero-order valence-electron chi connectivity index (χ0n) is 4.98. The van der Waals surface area contributed by atoms with E-state index in [0.717, 1.165) is 24.8 Å². The van der Waals surface area contributed by atoms with Gasteiger partial charge in [-0.3, -0.25) is 0 Å². The lowest BCUT2D eigenvalue weighted by molar-refractivity contribution is -0.0259. The quantitative estimate of drug-likeness (QED) is 0.366. The van der Waals surface area contributed by atoms with Crippen LogP contribution in [0.2, 0.25) is 5.72 Å². The summed E-state index contributed by atoms with van der Waals surface area (Å²) < 4.78 is 5.00. The van der Waals surface area contributed by atoms with E-state index in [1.807, 2.05) is 0 Å². The van der Waals surface area contributed by atoms with Gasteiger partial charge in [-0.1, -0.05) is 5.72 Å². The number of hydrogen-bond acceptors (Lipinski definition) is 1. The highest BCUT2D eigenvalue weighted by molar-refractivity contribution is 6.35. The van der Waals surface area contributed by atoms with Crippen molar-refractivity contribution in [1.29, 1.82) is 0 Å². The van der Waals surface area contributed by atoms with Crippen molar-refractivity contribution < 1.29 is 4.74 Å². The van der Waals surface area contributed by atoms with Crippen molar-refractivity contribution in [2.24, 2.45) is 5.92 Å². The molecule has 1 rings (SSSR count). The van der Waals surface area contributed by atoms with Gasteiger partial charge in [0, 0.05) is 0 Å². The Kier molecular flexibility index (Phi) is 1.43. The van der Waals surface area contributed by atoms with E-state index in [2.05, 4.69) is 15.7 Å². The van der Waals surface area contributed by atoms with E-state index in [0.29, 0.717) is 0 Å². The summed E-state index contributed by atoms with van der Waals surface area (Å²) >= 11 is 0. The van der Waals surface area contributed by atoms with Gasteiger partial charge in [0.25, 0.3) is 0 Å². The molecular formula is C4H10B2O. The summed E-state index contributed by atoms with van der Waals surface area (Å²) in [6, 6.07) is 0. The third-order valence-corrected chi connectivity index (χ3v) is 1.61. The fourth-order valence-corrected chi connectivity index (χ4v) is 0.639. The number of hydrogen-bond donors (Lipinski definition) is 0. The van der Waals surface area contributed by atoms with Gasteiger partial charge in [0.15, 0.2) is 0 Å². The molecule has 0 unspecified atom stereocenters. The van der Waals surface area contributed by atoms with Crippen LogP contribution in [0, 0.1) is 5.92 Å². The van der Waals surface area contributed by atoms with Gasteiger partial charge in [-0.15, -0.1) is 0 Å². The molecule has 38 valence electrons. The summed E-state index contributed by atoms with van der Waals surface area (Å²) in [6.45, 7) is 2.00. The minimum Gasteiger partial charge on any atom is -0.381 e. The topological polar surface area (TPSA) is 9.23 Å². The van der Waals surface area contributed by atoms with Crippen molar-refractivity contribution in [1.82, 2.24) is 0 Å². The first-order chi connectivity index (χ1) is 3.30. The predicted octanol–water partition coefficient (Wildman–Crippen LogP) is -1.36. The normalized spacial score (nSPS) is 22.4. The zero-order chi connectivity index (χ0) is 5.28. The lowest BCUT2D eigenvalue weighted by Crippen LogP contribution is -2.31. The van der Waals surface area contributed by atoms with Crippen LogP contribution in [0.15, 0.2) is 0 Å². The van der Waals surface area contributed by atoms with Crippen molar-refractivity contribution >= 4 is 15.7 Å². The van der Waals surface area contributed by atoms with Crippen molar-refractivity contribution in [3.63, 3.8) is 0 Å². The van der Waals surface area contributed by atoms with Gasteiger partial charge in [0.05, 0.1) is 28.9 Å². The fourth-order valence-electron chi connectivity index (χ4n) is 0.639. The van der Waals surface area contributed by atoms with Crippen LogP contribution in [0.25, 0.3) is 0 Å². The highest BCUT2D eigenvalue weighted by atomic mass is 16.5. The summed E-state index contributed by atoms with van der Waals surface area (Å²) in [5.41, 5.74) is 0.828. The molecule has 0 saturated carbocycles. The highest BCUT2D eigenvalue weighted by Gasteiger charge is 2.20. The molecule has 0 aromatic rings. The van der Waals surface area contributed by atoms with Gasteiger partial charge >= 0.3 is 0 Å². The lowest BCUT2D eigenvalue weighted by Gasteiger charge is -2.29. The van der Waals surface area contributed by atoms with E-state index >= 15 is 0 Å². The van der Waals surface area contributed by atoms with Crippen molar-refractivity contribution in [2.45, 2.75) is 5.72 Å². The Labute approximate surface area is 46.2 Å². The van der Waals surface area contributed by atoms with Crippen LogP contribution in [0.1, 0.15) is 0 Å². The van der Waals surface area contributed by atoms with Crippen molar-refractivity contribution in [3.05, 3.63) is 0 Å². The van der Waals surface area contributed by atoms with Gasteiger partial charge in [0.2, 0.25) is 0 Å². The van der Waals surface area contributed by atoms with Crippen LogP contribution < -0.4 is 0 Å². The van der Waals surface area contributed by atoms with E-state index in [4.69, 9.17) is 4.74 Å². The number of rotatable bonds is 1. The SMILES string of the molecule is BC(B)C1COC1. The molecule has 0 radical (unpaired) electrons. The van der Waals surface area contributed by atoms with Crippen LogP contribution >= 0.6 is 0 Å². The molecule has 1 saturated heterocycles. The van der Waals surface area contributed by atoms with Crippen LogP contribution in [0.5, 0.6) is 0 Å². The number of ether oxygens (including phenoxy) is 1. The summed E-state index contributed by atoms with van der Waals surface area (Å²) in [4.78, 5) is 0. The smallest absolute Gasteiger partial charge is 0.0962 e. The Hall–Kier alpha value is 0.0899. The van der Waals surface area contributed by atoms with Crippen molar-refractivity contribution in [3.8, 4) is 0 Å². The molecule has 1 nitrogen and oxygen atoms in total. The third-order valence-electron chi connectivity index (χ3n) is 1.61. The molecule has 1 aliphatic heterocycles. The average Bonchev–Trinajstić information content (AvgIpc) is 1.23. The molecule has 0 aliphatic carbocycles. The second-order valence-corrected chi connectivity index (χ2v) is 2.54. The second-order valence-electron chi connectivity index (χ2n) is 2.54. The molecule has 1 aliphatic rings. The van der Waals surface area contributed by atoms with Crippen LogP contribution in [-0.2, 0) is 4.74 Å². The first-order valence-corrected chi connectivity index (χ1v) is 2.88. The van der Waals surface area contributed by atoms with Crippen molar-refractivity contribution in [2.75, 3.05) is 13.2 Å². The Morgan fingerprint density at radius 3 is 2.00 bits per heavy atom. The first kappa shape index (κ1) is 5.23. The van der Waals surface area contributed by atoms with Gasteiger partial charge in [-0.25, -0.2) is 0 Å². The molecule has 0 aromatic carbocycles. The van der Waals surface area contributed by atoms with Gasteiger partial charge < -0.3 is 4.74 Å². The Balaban J connectivity index is 2.14. The highest BCUT2D eigenvalue weighted by Crippen LogP contribution is 2.18. The van der Waals surface area contributed by atoms with Gasteiger partial charge in [-0.05, 0) is 5.92 Å². The minimum atomic E-state index is 0.828. The van der Waals surface area contributed by atoms with Gasteiger partial charge in [-0.2, -0.15) is 0 Å². The molecule has 1 heterocycles. The monoisotopic (exact) mass is 96.1 g/mol. The summed E-state index contributed by atoms with van der Waals surface area (Å²) in [6.07, 6.45) is 0. The summed E-state index contributed by atoms with van der Waals surface area (Å²) in [5, 5.41) is 0. The summed E-state index contributed by atoms with van der Waals surface area (Å²) in [5.74, 6) is 0.861. The Bertz CT molecular complexity index is 60.7. The largest absolute Gasteiger partial charge is 0.381 e. The molecule has 0 N–H and O–H groups in total. The summed E-state index contributed by atoms with van der Waals surface area (Å²) in [7, 11) is 4.49.